The van der Waals surface area contributed by atoms with E-state index in [0.29, 0.717) is 0 Å². The average molecular weight is 367 g/mol. The molecule has 1 aromatic rings. The first-order valence-electron chi connectivity index (χ1n) is 9.51. The van der Waals surface area contributed by atoms with Gasteiger partial charge in [-0.05, 0) is 40.3 Å². The molecule has 2 N–H and O–H groups in total. The minimum absolute atomic E-state index is 0.875. The van der Waals surface area contributed by atoms with Crippen molar-refractivity contribution < 1.29 is 0 Å². The monoisotopic (exact) mass is 366 g/mol. The highest BCUT2D eigenvalue weighted by molar-refractivity contribution is 7.11. The molecule has 2 rings (SSSR count). The van der Waals surface area contributed by atoms with Gasteiger partial charge in [0.2, 0.25) is 0 Å². The van der Waals surface area contributed by atoms with Crippen LogP contribution in [0.3, 0.4) is 0 Å². The number of rotatable bonds is 9. The molecule has 0 atom stereocenters. The van der Waals surface area contributed by atoms with E-state index in [1.54, 1.807) is 11.3 Å². The quantitative estimate of drug-likeness (QED) is 0.395. The Balaban J connectivity index is 1.59. The van der Waals surface area contributed by atoms with Gasteiger partial charge in [0.1, 0.15) is 0 Å². The summed E-state index contributed by atoms with van der Waals surface area (Å²) in [5.41, 5.74) is 0. The van der Waals surface area contributed by atoms with Crippen LogP contribution < -0.4 is 10.6 Å². The van der Waals surface area contributed by atoms with E-state index >= 15 is 0 Å². The highest BCUT2D eigenvalue weighted by Crippen LogP contribution is 2.10. The molecule has 25 heavy (non-hydrogen) atoms. The summed E-state index contributed by atoms with van der Waals surface area (Å²) in [5.74, 6) is 0.926. The van der Waals surface area contributed by atoms with E-state index in [9.17, 15) is 0 Å². The van der Waals surface area contributed by atoms with Gasteiger partial charge >= 0.3 is 0 Å². The Kier molecular flexibility index (Phi) is 9.21. The smallest absolute Gasteiger partial charge is 0.191 e. The van der Waals surface area contributed by atoms with E-state index in [-0.39, 0.29) is 0 Å². The Labute approximate surface area is 156 Å². The number of aliphatic imine (C=N–C) groups is 1. The fraction of sp³-hybridized carbons (Fsp3) is 0.778. The number of aromatic nitrogens is 1. The van der Waals surface area contributed by atoms with Crippen molar-refractivity contribution in [1.29, 1.82) is 0 Å². The van der Waals surface area contributed by atoms with Crippen LogP contribution in [0.1, 0.15) is 29.7 Å². The number of piperazine rings is 1. The van der Waals surface area contributed by atoms with Gasteiger partial charge < -0.3 is 20.4 Å². The summed E-state index contributed by atoms with van der Waals surface area (Å²) in [4.78, 5) is 15.4. The van der Waals surface area contributed by atoms with E-state index in [0.717, 1.165) is 38.4 Å². The molecule has 6 nitrogen and oxygen atoms in total. The molecule has 0 aromatic carbocycles. The number of guanidine groups is 1. The lowest BCUT2D eigenvalue weighted by atomic mass is 10.2. The van der Waals surface area contributed by atoms with Gasteiger partial charge in [-0.3, -0.25) is 4.99 Å². The summed E-state index contributed by atoms with van der Waals surface area (Å²) in [7, 11) is 2.21. The van der Waals surface area contributed by atoms with Gasteiger partial charge in [-0.1, -0.05) is 0 Å². The standard InChI is InChI=1S/C18H34N6S/c1-4-19-18(21-9-7-17-22-15-16(2)25-17)20-8-5-6-10-24-13-11-23(3)12-14-24/h15H,4-14H2,1-3H3,(H2,19,20,21). The van der Waals surface area contributed by atoms with Crippen molar-refractivity contribution in [2.24, 2.45) is 4.99 Å². The molecule has 1 fully saturated rings. The van der Waals surface area contributed by atoms with Crippen molar-refractivity contribution in [2.45, 2.75) is 33.1 Å². The molecule has 0 saturated carbocycles. The van der Waals surface area contributed by atoms with Crippen molar-refractivity contribution in [3.05, 3.63) is 16.1 Å². The number of thiazole rings is 1. The lowest BCUT2D eigenvalue weighted by molar-refractivity contribution is 0.152. The molecule has 1 saturated heterocycles. The number of unbranched alkanes of at least 4 members (excludes halogenated alkanes) is 1. The molecule has 0 unspecified atom stereocenters. The van der Waals surface area contributed by atoms with Crippen LogP contribution >= 0.6 is 11.3 Å². The summed E-state index contributed by atoms with van der Waals surface area (Å²) in [6.07, 6.45) is 5.27. The Hall–Kier alpha value is -1.18. The van der Waals surface area contributed by atoms with Crippen molar-refractivity contribution in [1.82, 2.24) is 25.4 Å². The fourth-order valence-corrected chi connectivity index (χ4v) is 3.64. The predicted octanol–water partition coefficient (Wildman–Crippen LogP) is 1.58. The molecular formula is C18H34N6S. The topological polar surface area (TPSA) is 55.8 Å². The molecule has 7 heteroatoms. The molecular weight excluding hydrogens is 332 g/mol. The maximum absolute atomic E-state index is 4.70. The summed E-state index contributed by atoms with van der Waals surface area (Å²) >= 11 is 1.77. The number of likely N-dealkylation sites (N-methyl/N-ethyl adjacent to an activating group) is 1. The van der Waals surface area contributed by atoms with Gasteiger partial charge in [-0.2, -0.15) is 0 Å². The van der Waals surface area contributed by atoms with Crippen LogP contribution in [0.25, 0.3) is 0 Å². The van der Waals surface area contributed by atoms with E-state index < -0.39 is 0 Å². The van der Waals surface area contributed by atoms with E-state index in [4.69, 9.17) is 4.99 Å². The van der Waals surface area contributed by atoms with Crippen LogP contribution in [-0.2, 0) is 6.42 Å². The van der Waals surface area contributed by atoms with Crippen LogP contribution in [0.5, 0.6) is 0 Å². The maximum Gasteiger partial charge on any atom is 0.191 e. The Morgan fingerprint density at radius 2 is 2.04 bits per heavy atom. The van der Waals surface area contributed by atoms with Gasteiger partial charge in [-0.15, -0.1) is 11.3 Å². The SMILES string of the molecule is CCNC(=NCCCCN1CCN(C)CC1)NCCc1ncc(C)s1. The third-order valence-corrected chi connectivity index (χ3v) is 5.37. The average Bonchev–Trinajstić information content (AvgIpc) is 3.01. The number of hydrogen-bond acceptors (Lipinski definition) is 5. The summed E-state index contributed by atoms with van der Waals surface area (Å²) in [5, 5.41) is 7.93. The van der Waals surface area contributed by atoms with Gasteiger partial charge in [0.15, 0.2) is 5.96 Å². The van der Waals surface area contributed by atoms with Gasteiger partial charge in [0.25, 0.3) is 0 Å². The molecule has 1 aliphatic heterocycles. The second-order valence-electron chi connectivity index (χ2n) is 6.65. The van der Waals surface area contributed by atoms with Gasteiger partial charge in [0, 0.05) is 63.3 Å². The molecule has 0 radical (unpaired) electrons. The van der Waals surface area contributed by atoms with Crippen molar-refractivity contribution >= 4 is 17.3 Å². The molecule has 0 spiro atoms. The third-order valence-electron chi connectivity index (χ3n) is 4.39. The van der Waals surface area contributed by atoms with Gasteiger partial charge in [0.05, 0.1) is 5.01 Å². The zero-order valence-corrected chi connectivity index (χ0v) is 16.9. The second-order valence-corrected chi connectivity index (χ2v) is 7.97. The predicted molar refractivity (Wildman–Crippen MR) is 108 cm³/mol. The molecule has 0 aliphatic carbocycles. The summed E-state index contributed by atoms with van der Waals surface area (Å²) in [6.45, 7) is 12.9. The van der Waals surface area contributed by atoms with E-state index in [2.05, 4.69) is 46.3 Å². The van der Waals surface area contributed by atoms with Crippen molar-refractivity contribution in [3.63, 3.8) is 0 Å². The molecule has 2 heterocycles. The first-order chi connectivity index (χ1) is 12.2. The molecule has 1 aliphatic rings. The zero-order valence-electron chi connectivity index (χ0n) is 16.1. The largest absolute Gasteiger partial charge is 0.357 e. The Morgan fingerprint density at radius 3 is 2.72 bits per heavy atom. The minimum Gasteiger partial charge on any atom is -0.357 e. The Morgan fingerprint density at radius 1 is 1.24 bits per heavy atom. The number of hydrogen-bond donors (Lipinski definition) is 2. The van der Waals surface area contributed by atoms with Crippen molar-refractivity contribution in [3.8, 4) is 0 Å². The number of aryl methyl sites for hydroxylation is 1. The molecule has 142 valence electrons. The van der Waals surface area contributed by atoms with Crippen molar-refractivity contribution in [2.75, 3.05) is 59.4 Å². The number of nitrogens with zero attached hydrogens (tertiary/aromatic N) is 4. The van der Waals surface area contributed by atoms with E-state index in [1.807, 2.05) is 6.20 Å². The number of nitrogens with one attached hydrogen (secondary N) is 2. The highest BCUT2D eigenvalue weighted by Gasteiger charge is 2.12. The third kappa shape index (κ3) is 8.16. The summed E-state index contributed by atoms with van der Waals surface area (Å²) < 4.78 is 0. The zero-order chi connectivity index (χ0) is 17.9. The fourth-order valence-electron chi connectivity index (χ4n) is 2.86. The van der Waals surface area contributed by atoms with Crippen LogP contribution in [0, 0.1) is 6.92 Å². The highest BCUT2D eigenvalue weighted by atomic mass is 32.1. The second kappa shape index (κ2) is 11.4. The van der Waals surface area contributed by atoms with Crippen LogP contribution in [0.15, 0.2) is 11.2 Å². The lowest BCUT2D eigenvalue weighted by Gasteiger charge is -2.32. The van der Waals surface area contributed by atoms with Gasteiger partial charge in [-0.25, -0.2) is 4.98 Å². The molecule has 0 bridgehead atoms. The minimum atomic E-state index is 0.875. The summed E-state index contributed by atoms with van der Waals surface area (Å²) in [6, 6.07) is 0. The van der Waals surface area contributed by atoms with Crippen LogP contribution in [-0.4, -0.2) is 80.1 Å². The van der Waals surface area contributed by atoms with Crippen LogP contribution in [0.2, 0.25) is 0 Å². The normalized spacial score (nSPS) is 17.0. The first-order valence-corrected chi connectivity index (χ1v) is 10.3. The lowest BCUT2D eigenvalue weighted by Crippen LogP contribution is -2.44. The van der Waals surface area contributed by atoms with Crippen LogP contribution in [0.4, 0.5) is 0 Å². The first kappa shape index (κ1) is 20.1. The maximum atomic E-state index is 4.70. The van der Waals surface area contributed by atoms with E-state index in [1.165, 1.54) is 49.0 Å². The molecule has 0 amide bonds. The molecule has 1 aromatic heterocycles. The Bertz CT molecular complexity index is 507.